The highest BCUT2D eigenvalue weighted by Crippen LogP contribution is 2.31. The first-order chi connectivity index (χ1) is 17.2. The number of fused-ring (bicyclic) bond motifs is 2. The molecule has 1 aliphatic rings. The van der Waals surface area contributed by atoms with E-state index in [0.717, 1.165) is 58.9 Å². The SMILES string of the molecule is CC1CCC(C)(NC=O)CC1.CNc1nc(N)nn2ccc(-c3ccc4nc(C)n(C(C)C)c4n3)c12. The highest BCUT2D eigenvalue weighted by molar-refractivity contribution is 5.89. The zero-order valence-electron chi connectivity index (χ0n) is 22.0. The highest BCUT2D eigenvalue weighted by Gasteiger charge is 2.28. The van der Waals surface area contributed by atoms with Crippen molar-refractivity contribution < 1.29 is 4.79 Å². The van der Waals surface area contributed by atoms with Gasteiger partial charge in [0.25, 0.3) is 0 Å². The molecule has 0 spiro atoms. The maximum absolute atomic E-state index is 10.2. The summed E-state index contributed by atoms with van der Waals surface area (Å²) in [7, 11) is 1.81. The number of anilines is 2. The van der Waals surface area contributed by atoms with Crippen LogP contribution in [-0.2, 0) is 4.79 Å². The summed E-state index contributed by atoms with van der Waals surface area (Å²) >= 11 is 0. The Morgan fingerprint density at radius 3 is 2.53 bits per heavy atom. The van der Waals surface area contributed by atoms with Crippen LogP contribution in [0.15, 0.2) is 24.4 Å². The zero-order valence-corrected chi connectivity index (χ0v) is 22.0. The van der Waals surface area contributed by atoms with Gasteiger partial charge in [0.05, 0.1) is 5.69 Å². The largest absolute Gasteiger partial charge is 0.371 e. The highest BCUT2D eigenvalue weighted by atomic mass is 16.1. The molecular formula is C26H37N9O. The number of rotatable bonds is 5. The second-order valence-electron chi connectivity index (χ2n) is 10.3. The molecule has 4 N–H and O–H groups in total. The molecule has 0 aliphatic heterocycles. The Bertz CT molecular complexity index is 1360. The number of hydrogen-bond acceptors (Lipinski definition) is 7. The Balaban J connectivity index is 0.000000233. The molecule has 4 heterocycles. The number of carbonyl (C=O) groups excluding carboxylic acids is 1. The molecule has 0 saturated heterocycles. The maximum Gasteiger partial charge on any atom is 0.240 e. The van der Waals surface area contributed by atoms with Crippen molar-refractivity contribution in [3.05, 3.63) is 30.2 Å². The fraction of sp³-hybridized carbons (Fsp3) is 0.500. The first-order valence-electron chi connectivity index (χ1n) is 12.6. The average molecular weight is 492 g/mol. The lowest BCUT2D eigenvalue weighted by Crippen LogP contribution is -2.44. The molecule has 0 aromatic carbocycles. The number of nitrogens with two attached hydrogens (primary N) is 1. The molecule has 0 unspecified atom stereocenters. The third kappa shape index (κ3) is 4.98. The lowest BCUT2D eigenvalue weighted by Gasteiger charge is -2.35. The molecule has 0 bridgehead atoms. The Hall–Kier alpha value is -3.69. The summed E-state index contributed by atoms with van der Waals surface area (Å²) in [6, 6.07) is 6.24. The Morgan fingerprint density at radius 2 is 1.89 bits per heavy atom. The molecule has 1 amide bonds. The molecule has 36 heavy (non-hydrogen) atoms. The van der Waals surface area contributed by atoms with Gasteiger partial charge in [-0.1, -0.05) is 6.92 Å². The average Bonchev–Trinajstić information content (AvgIpc) is 3.40. The summed E-state index contributed by atoms with van der Waals surface area (Å²) in [6.45, 7) is 10.7. The minimum atomic E-state index is 0.0915. The molecular weight excluding hydrogens is 454 g/mol. The molecule has 1 fully saturated rings. The third-order valence-corrected chi connectivity index (χ3v) is 7.06. The molecule has 0 radical (unpaired) electrons. The second kappa shape index (κ2) is 10.1. The fourth-order valence-electron chi connectivity index (χ4n) is 4.96. The molecule has 10 heteroatoms. The number of nitrogen functional groups attached to an aromatic ring is 1. The lowest BCUT2D eigenvalue weighted by molar-refractivity contribution is -0.111. The Kier molecular flexibility index (Phi) is 7.14. The van der Waals surface area contributed by atoms with Gasteiger partial charge in [-0.05, 0) is 77.5 Å². The molecule has 1 aliphatic carbocycles. The number of amides is 1. The summed E-state index contributed by atoms with van der Waals surface area (Å²) in [6.07, 6.45) is 7.45. The second-order valence-corrected chi connectivity index (χ2v) is 10.3. The van der Waals surface area contributed by atoms with E-state index in [2.05, 4.69) is 58.0 Å². The molecule has 10 nitrogen and oxygen atoms in total. The predicted octanol–water partition coefficient (Wildman–Crippen LogP) is 4.36. The van der Waals surface area contributed by atoms with Gasteiger partial charge >= 0.3 is 0 Å². The lowest BCUT2D eigenvalue weighted by atomic mass is 9.78. The number of carbonyl (C=O) groups is 1. The molecule has 1 saturated carbocycles. The summed E-state index contributed by atoms with van der Waals surface area (Å²) in [5.74, 6) is 2.69. The van der Waals surface area contributed by atoms with Crippen LogP contribution in [0.3, 0.4) is 0 Å². The monoisotopic (exact) mass is 491 g/mol. The Labute approximate surface area is 211 Å². The zero-order chi connectivity index (χ0) is 26.0. The maximum atomic E-state index is 10.2. The van der Waals surface area contributed by atoms with Crippen LogP contribution in [0.2, 0.25) is 0 Å². The van der Waals surface area contributed by atoms with Crippen LogP contribution in [0.1, 0.15) is 65.2 Å². The van der Waals surface area contributed by atoms with Gasteiger partial charge in [0.2, 0.25) is 12.4 Å². The van der Waals surface area contributed by atoms with Crippen molar-refractivity contribution in [1.29, 1.82) is 0 Å². The van der Waals surface area contributed by atoms with Crippen LogP contribution in [0.25, 0.3) is 27.9 Å². The number of hydrogen-bond donors (Lipinski definition) is 3. The van der Waals surface area contributed by atoms with Crippen LogP contribution in [0.5, 0.6) is 0 Å². The first kappa shape index (κ1) is 25.4. The summed E-state index contributed by atoms with van der Waals surface area (Å²) < 4.78 is 3.87. The van der Waals surface area contributed by atoms with E-state index < -0.39 is 0 Å². The van der Waals surface area contributed by atoms with Gasteiger partial charge in [0.1, 0.15) is 16.9 Å². The summed E-state index contributed by atoms with van der Waals surface area (Å²) in [5.41, 5.74) is 10.3. The topological polar surface area (TPSA) is 128 Å². The smallest absolute Gasteiger partial charge is 0.240 e. The van der Waals surface area contributed by atoms with Crippen molar-refractivity contribution >= 4 is 34.9 Å². The van der Waals surface area contributed by atoms with E-state index in [1.54, 1.807) is 4.52 Å². The number of pyridine rings is 1. The van der Waals surface area contributed by atoms with E-state index in [9.17, 15) is 4.79 Å². The quantitative estimate of drug-likeness (QED) is 0.354. The Morgan fingerprint density at radius 1 is 1.17 bits per heavy atom. The number of nitrogens with one attached hydrogen (secondary N) is 2. The molecule has 0 atom stereocenters. The van der Waals surface area contributed by atoms with Crippen molar-refractivity contribution in [1.82, 2.24) is 34.4 Å². The van der Waals surface area contributed by atoms with Crippen LogP contribution in [-0.4, -0.2) is 48.1 Å². The normalized spacial score (nSPS) is 19.8. The van der Waals surface area contributed by atoms with E-state index >= 15 is 0 Å². The number of aryl methyl sites for hydroxylation is 1. The standard InChI is InChI=1S/C17H20N8.C9H17NO/c1-9(2)25-10(3)20-13-6-5-12(21-16(13)25)11-7-8-24-14(11)15(19-4)22-17(18)23-24;1-8-3-5-9(2,6-4-8)10-7-11/h5-9H,1-4H3,(H3,18,19,22,23);7-8H,3-6H2,1-2H3,(H,10,11). The van der Waals surface area contributed by atoms with E-state index in [4.69, 9.17) is 10.7 Å². The number of imidazole rings is 1. The van der Waals surface area contributed by atoms with Crippen molar-refractivity contribution in [3.8, 4) is 11.3 Å². The van der Waals surface area contributed by atoms with Gasteiger partial charge in [0.15, 0.2) is 11.5 Å². The van der Waals surface area contributed by atoms with E-state index in [1.165, 1.54) is 12.8 Å². The fourth-order valence-corrected chi connectivity index (χ4v) is 4.96. The predicted molar refractivity (Wildman–Crippen MR) is 144 cm³/mol. The van der Waals surface area contributed by atoms with Gasteiger partial charge < -0.3 is 20.9 Å². The van der Waals surface area contributed by atoms with Crippen molar-refractivity contribution in [2.24, 2.45) is 5.92 Å². The summed E-state index contributed by atoms with van der Waals surface area (Å²) in [5, 5.41) is 10.2. The van der Waals surface area contributed by atoms with Gasteiger partial charge in [-0.15, -0.1) is 5.10 Å². The number of nitrogens with zero attached hydrogens (tertiary/aromatic N) is 6. The van der Waals surface area contributed by atoms with Crippen molar-refractivity contribution in [2.75, 3.05) is 18.1 Å². The van der Waals surface area contributed by atoms with Gasteiger partial charge in [-0.2, -0.15) is 4.98 Å². The van der Waals surface area contributed by atoms with Gasteiger partial charge in [-0.3, -0.25) is 4.79 Å². The van der Waals surface area contributed by atoms with Gasteiger partial charge in [0, 0.05) is 30.4 Å². The van der Waals surface area contributed by atoms with Crippen LogP contribution >= 0.6 is 0 Å². The van der Waals surface area contributed by atoms with Crippen molar-refractivity contribution in [2.45, 2.75) is 71.9 Å². The summed E-state index contributed by atoms with van der Waals surface area (Å²) in [4.78, 5) is 24.0. The van der Waals surface area contributed by atoms with E-state index in [-0.39, 0.29) is 17.5 Å². The van der Waals surface area contributed by atoms with Crippen LogP contribution in [0.4, 0.5) is 11.8 Å². The number of aromatic nitrogens is 6. The van der Waals surface area contributed by atoms with Gasteiger partial charge in [-0.25, -0.2) is 14.5 Å². The minimum Gasteiger partial charge on any atom is -0.371 e. The minimum absolute atomic E-state index is 0.0915. The third-order valence-electron chi connectivity index (χ3n) is 7.06. The van der Waals surface area contributed by atoms with Crippen LogP contribution in [0, 0.1) is 12.8 Å². The molecule has 192 valence electrons. The molecule has 4 aromatic heterocycles. The first-order valence-corrected chi connectivity index (χ1v) is 12.6. The molecule has 4 aromatic rings. The van der Waals surface area contributed by atoms with E-state index in [1.807, 2.05) is 38.4 Å². The van der Waals surface area contributed by atoms with Crippen LogP contribution < -0.4 is 16.4 Å². The molecule has 5 rings (SSSR count). The van der Waals surface area contributed by atoms with Crippen molar-refractivity contribution in [3.63, 3.8) is 0 Å². The van der Waals surface area contributed by atoms with E-state index in [0.29, 0.717) is 5.82 Å².